The summed E-state index contributed by atoms with van der Waals surface area (Å²) in [5.41, 5.74) is 2.37. The molecule has 164 valence electrons. The van der Waals surface area contributed by atoms with Gasteiger partial charge >= 0.3 is 5.97 Å². The quantitative estimate of drug-likeness (QED) is 0.512. The van der Waals surface area contributed by atoms with Crippen molar-refractivity contribution in [2.24, 2.45) is 0 Å². The summed E-state index contributed by atoms with van der Waals surface area (Å²) in [6.45, 7) is 4.70. The smallest absolute Gasteiger partial charge is 0.336 e. The van der Waals surface area contributed by atoms with Crippen molar-refractivity contribution in [1.29, 1.82) is 0 Å². The van der Waals surface area contributed by atoms with E-state index in [1.54, 1.807) is 42.6 Å². The van der Waals surface area contributed by atoms with Gasteiger partial charge in [0.15, 0.2) is 5.78 Å². The van der Waals surface area contributed by atoms with Crippen LogP contribution in [0, 0.1) is 0 Å². The molecule has 1 aromatic heterocycles. The summed E-state index contributed by atoms with van der Waals surface area (Å²) >= 11 is 0. The molecule has 1 saturated heterocycles. The third kappa shape index (κ3) is 4.55. The number of carbonyl (C=O) groups is 2. The first-order chi connectivity index (χ1) is 15.4. The van der Waals surface area contributed by atoms with E-state index in [2.05, 4.69) is 24.1 Å². The minimum Gasteiger partial charge on any atom is -0.478 e. The first-order valence-electron chi connectivity index (χ1n) is 10.8. The Bertz CT molecular complexity index is 1130. The number of para-hydroxylation sites is 1. The molecule has 2 N–H and O–H groups in total. The Labute approximate surface area is 187 Å². The van der Waals surface area contributed by atoms with Crippen LogP contribution in [-0.2, 0) is 0 Å². The Balaban J connectivity index is 1.56. The zero-order chi connectivity index (χ0) is 22.7. The van der Waals surface area contributed by atoms with Crippen molar-refractivity contribution >= 4 is 11.8 Å². The average Bonchev–Trinajstić information content (AvgIpc) is 3.29. The molecule has 6 heteroatoms. The lowest BCUT2D eigenvalue weighted by atomic mass is 9.90. The van der Waals surface area contributed by atoms with Crippen molar-refractivity contribution in [2.45, 2.75) is 38.1 Å². The number of hydrogen-bond acceptors (Lipinski definition) is 5. The highest BCUT2D eigenvalue weighted by molar-refractivity contribution is 5.98. The van der Waals surface area contributed by atoms with Crippen LogP contribution in [0.3, 0.4) is 0 Å². The Morgan fingerprint density at radius 3 is 2.59 bits per heavy atom. The van der Waals surface area contributed by atoms with Gasteiger partial charge < -0.3 is 15.2 Å². The fourth-order valence-electron chi connectivity index (χ4n) is 4.18. The lowest BCUT2D eigenvalue weighted by Crippen LogP contribution is -2.31. The fraction of sp³-hybridized carbons (Fsp3) is 0.269. The lowest BCUT2D eigenvalue weighted by Gasteiger charge is -2.17. The minimum absolute atomic E-state index is 0.0739. The molecule has 32 heavy (non-hydrogen) atoms. The van der Waals surface area contributed by atoms with Crippen LogP contribution in [0.15, 0.2) is 66.9 Å². The zero-order valence-corrected chi connectivity index (χ0v) is 18.1. The number of ether oxygens (including phenoxy) is 1. The maximum Gasteiger partial charge on any atom is 0.336 e. The summed E-state index contributed by atoms with van der Waals surface area (Å²) in [4.78, 5) is 28.9. The predicted molar refractivity (Wildman–Crippen MR) is 122 cm³/mol. The first-order valence-corrected chi connectivity index (χ1v) is 10.8. The van der Waals surface area contributed by atoms with Gasteiger partial charge in [-0.05, 0) is 59.7 Å². The summed E-state index contributed by atoms with van der Waals surface area (Å²) in [6, 6.07) is 17.8. The summed E-state index contributed by atoms with van der Waals surface area (Å²) in [5.74, 6) is 0.303. The third-order valence-corrected chi connectivity index (χ3v) is 5.83. The number of carboxylic acid groups (broad SMARTS) is 1. The standard InChI is InChI=1S/C26H26N2O4/c1-16(2)19-7-3-4-9-24(19)32-18-10-11-20(21(14-18)26(30)31)17-13-23(28-15-17)25(29)22-8-5-6-12-27-22/h3-12,14,16-17,23,28H,13,15H2,1-2H3,(H,30,31). The zero-order valence-electron chi connectivity index (χ0n) is 18.1. The molecule has 0 bridgehead atoms. The third-order valence-electron chi connectivity index (χ3n) is 5.83. The molecule has 4 rings (SSSR count). The molecule has 0 radical (unpaired) electrons. The topological polar surface area (TPSA) is 88.5 Å². The van der Waals surface area contributed by atoms with E-state index < -0.39 is 5.97 Å². The number of nitrogens with zero attached hydrogens (tertiary/aromatic N) is 1. The minimum atomic E-state index is -1.01. The Kier molecular flexibility index (Phi) is 6.32. The van der Waals surface area contributed by atoms with E-state index in [1.807, 2.05) is 24.3 Å². The van der Waals surface area contributed by atoms with Gasteiger partial charge in [-0.3, -0.25) is 9.78 Å². The van der Waals surface area contributed by atoms with E-state index in [1.165, 1.54) is 0 Å². The van der Waals surface area contributed by atoms with Gasteiger partial charge in [0.2, 0.25) is 0 Å². The second kappa shape index (κ2) is 9.32. The van der Waals surface area contributed by atoms with Crippen LogP contribution in [0.5, 0.6) is 11.5 Å². The van der Waals surface area contributed by atoms with Gasteiger partial charge in [0, 0.05) is 12.7 Å². The van der Waals surface area contributed by atoms with Crippen LogP contribution < -0.4 is 10.1 Å². The molecule has 0 spiro atoms. The number of aromatic carboxylic acids is 1. The Hall–Kier alpha value is -3.51. The van der Waals surface area contributed by atoms with Gasteiger partial charge in [-0.15, -0.1) is 0 Å². The van der Waals surface area contributed by atoms with E-state index in [0.29, 0.717) is 30.0 Å². The van der Waals surface area contributed by atoms with Crippen LogP contribution in [0.25, 0.3) is 0 Å². The summed E-state index contributed by atoms with van der Waals surface area (Å²) in [6.07, 6.45) is 2.12. The number of pyridine rings is 1. The average molecular weight is 431 g/mol. The number of carboxylic acids is 1. The molecular formula is C26H26N2O4. The van der Waals surface area contributed by atoms with Crippen molar-refractivity contribution < 1.29 is 19.4 Å². The highest BCUT2D eigenvalue weighted by Crippen LogP contribution is 2.35. The fourth-order valence-corrected chi connectivity index (χ4v) is 4.18. The van der Waals surface area contributed by atoms with Gasteiger partial charge in [-0.25, -0.2) is 4.79 Å². The number of benzene rings is 2. The molecule has 2 aromatic carbocycles. The molecule has 2 unspecified atom stereocenters. The summed E-state index contributed by atoms with van der Waals surface area (Å²) < 4.78 is 6.06. The van der Waals surface area contributed by atoms with E-state index in [9.17, 15) is 14.7 Å². The molecule has 1 aliphatic rings. The Morgan fingerprint density at radius 1 is 1.09 bits per heavy atom. The van der Waals surface area contributed by atoms with Crippen LogP contribution in [-0.4, -0.2) is 34.4 Å². The Morgan fingerprint density at radius 2 is 1.88 bits per heavy atom. The summed E-state index contributed by atoms with van der Waals surface area (Å²) in [7, 11) is 0. The highest BCUT2D eigenvalue weighted by Gasteiger charge is 2.33. The molecule has 6 nitrogen and oxygen atoms in total. The number of hydrogen-bond donors (Lipinski definition) is 2. The molecule has 0 amide bonds. The van der Waals surface area contributed by atoms with Gasteiger partial charge in [0.1, 0.15) is 17.2 Å². The predicted octanol–water partition coefficient (Wildman–Crippen LogP) is 5.02. The second-order valence-corrected chi connectivity index (χ2v) is 8.32. The van der Waals surface area contributed by atoms with Crippen molar-refractivity contribution in [3.8, 4) is 11.5 Å². The molecule has 0 saturated carbocycles. The van der Waals surface area contributed by atoms with Crippen LogP contribution in [0.4, 0.5) is 0 Å². The van der Waals surface area contributed by atoms with Gasteiger partial charge in [0.25, 0.3) is 0 Å². The van der Waals surface area contributed by atoms with E-state index >= 15 is 0 Å². The number of Topliss-reactive ketones (excluding diaryl/α,β-unsaturated/α-hetero) is 1. The molecule has 1 aliphatic heterocycles. The number of rotatable bonds is 7. The van der Waals surface area contributed by atoms with Crippen molar-refractivity contribution in [3.05, 3.63) is 89.2 Å². The van der Waals surface area contributed by atoms with E-state index in [0.717, 1.165) is 11.3 Å². The first kappa shape index (κ1) is 21.7. The molecule has 2 atom stereocenters. The number of carbonyl (C=O) groups excluding carboxylic acids is 1. The van der Waals surface area contributed by atoms with Gasteiger partial charge in [0.05, 0.1) is 11.6 Å². The molecule has 3 aromatic rings. The second-order valence-electron chi connectivity index (χ2n) is 8.32. The number of aromatic nitrogens is 1. The SMILES string of the molecule is CC(C)c1ccccc1Oc1ccc(C2CNC(C(=O)c3ccccn3)C2)c(C(=O)O)c1. The van der Waals surface area contributed by atoms with Crippen molar-refractivity contribution in [3.63, 3.8) is 0 Å². The van der Waals surface area contributed by atoms with E-state index in [-0.39, 0.29) is 29.2 Å². The molecule has 0 aliphatic carbocycles. The van der Waals surface area contributed by atoms with Crippen LogP contribution >= 0.6 is 0 Å². The van der Waals surface area contributed by atoms with E-state index in [4.69, 9.17) is 4.74 Å². The van der Waals surface area contributed by atoms with Crippen LogP contribution in [0.2, 0.25) is 0 Å². The summed E-state index contributed by atoms with van der Waals surface area (Å²) in [5, 5.41) is 13.1. The molecular weight excluding hydrogens is 404 g/mol. The molecule has 2 heterocycles. The number of ketones is 1. The highest BCUT2D eigenvalue weighted by atomic mass is 16.5. The van der Waals surface area contributed by atoms with Gasteiger partial charge in [-0.1, -0.05) is 44.2 Å². The maximum absolute atomic E-state index is 12.7. The van der Waals surface area contributed by atoms with Crippen molar-refractivity contribution in [1.82, 2.24) is 10.3 Å². The normalized spacial score (nSPS) is 18.0. The van der Waals surface area contributed by atoms with Gasteiger partial charge in [-0.2, -0.15) is 0 Å². The monoisotopic (exact) mass is 430 g/mol. The molecule has 1 fully saturated rings. The van der Waals surface area contributed by atoms with Crippen molar-refractivity contribution in [2.75, 3.05) is 6.54 Å². The lowest BCUT2D eigenvalue weighted by molar-refractivity contribution is 0.0694. The largest absolute Gasteiger partial charge is 0.478 e. The maximum atomic E-state index is 12.7. The number of nitrogens with one attached hydrogen (secondary N) is 1. The van der Waals surface area contributed by atoms with Crippen LogP contribution in [0.1, 0.15) is 64.1 Å².